The number of benzene rings is 1. The molecule has 2 N–H and O–H groups in total. The Hall–Kier alpha value is -1.10. The first kappa shape index (κ1) is 16.0. The topological polar surface area (TPSA) is 50.4 Å². The van der Waals surface area contributed by atoms with E-state index in [4.69, 9.17) is 4.74 Å². The first-order chi connectivity index (χ1) is 8.79. The van der Waals surface area contributed by atoms with Gasteiger partial charge in [0.05, 0.1) is 12.6 Å². The van der Waals surface area contributed by atoms with Crippen molar-refractivity contribution >= 4 is 24.0 Å². The summed E-state index contributed by atoms with van der Waals surface area (Å²) in [6.07, 6.45) is 3.20. The molecule has 1 atom stereocenters. The number of halogens is 1. The van der Waals surface area contributed by atoms with E-state index in [0.717, 1.165) is 37.1 Å². The second-order valence-corrected chi connectivity index (χ2v) is 4.63. The normalized spacial score (nSPS) is 18.5. The van der Waals surface area contributed by atoms with E-state index in [2.05, 4.69) is 10.6 Å². The van der Waals surface area contributed by atoms with Crippen molar-refractivity contribution in [1.82, 2.24) is 5.32 Å². The third-order valence-corrected chi connectivity index (χ3v) is 3.13. The molecule has 1 aliphatic rings. The van der Waals surface area contributed by atoms with E-state index in [0.29, 0.717) is 6.61 Å². The van der Waals surface area contributed by atoms with E-state index in [1.165, 1.54) is 0 Å². The van der Waals surface area contributed by atoms with Gasteiger partial charge in [0.1, 0.15) is 0 Å². The van der Waals surface area contributed by atoms with Crippen LogP contribution in [0.3, 0.4) is 0 Å². The second kappa shape index (κ2) is 8.15. The zero-order valence-electron chi connectivity index (χ0n) is 11.1. The summed E-state index contributed by atoms with van der Waals surface area (Å²) in [5.41, 5.74) is 1.90. The van der Waals surface area contributed by atoms with Crippen LogP contribution in [0.25, 0.3) is 0 Å². The fourth-order valence-electron chi connectivity index (χ4n) is 2.21. The van der Waals surface area contributed by atoms with Gasteiger partial charge in [-0.2, -0.15) is 0 Å². The molecule has 1 aromatic carbocycles. The van der Waals surface area contributed by atoms with Crippen LogP contribution >= 0.6 is 12.4 Å². The molecule has 0 aliphatic carbocycles. The maximum Gasteiger partial charge on any atom is 0.241 e. The number of carbonyl (C=O) groups excluding carboxylic acids is 1. The number of hydrogen-bond donors (Lipinski definition) is 2. The van der Waals surface area contributed by atoms with Crippen LogP contribution in [0.1, 0.15) is 24.8 Å². The zero-order valence-corrected chi connectivity index (χ0v) is 12.0. The van der Waals surface area contributed by atoms with Gasteiger partial charge < -0.3 is 15.4 Å². The highest BCUT2D eigenvalue weighted by molar-refractivity contribution is 5.94. The minimum atomic E-state index is -0.0511. The number of methoxy groups -OCH3 is 1. The van der Waals surface area contributed by atoms with Gasteiger partial charge in [-0.25, -0.2) is 0 Å². The SMILES string of the molecule is COCc1cccc(NC(=O)C2CCCCN2)c1.Cl. The van der Waals surface area contributed by atoms with Crippen LogP contribution in [0.2, 0.25) is 0 Å². The largest absolute Gasteiger partial charge is 0.380 e. The van der Waals surface area contributed by atoms with Gasteiger partial charge in [-0.1, -0.05) is 18.6 Å². The molecule has 1 aromatic rings. The molecule has 1 unspecified atom stereocenters. The molecule has 106 valence electrons. The quantitative estimate of drug-likeness (QED) is 0.892. The van der Waals surface area contributed by atoms with Gasteiger partial charge >= 0.3 is 0 Å². The molecule has 0 aromatic heterocycles. The molecule has 4 nitrogen and oxygen atoms in total. The molecular formula is C14H21ClN2O2. The molecule has 1 saturated heterocycles. The van der Waals surface area contributed by atoms with E-state index < -0.39 is 0 Å². The third-order valence-electron chi connectivity index (χ3n) is 3.13. The van der Waals surface area contributed by atoms with E-state index in [-0.39, 0.29) is 24.4 Å². The number of anilines is 1. The minimum Gasteiger partial charge on any atom is -0.380 e. The van der Waals surface area contributed by atoms with Gasteiger partial charge in [0.25, 0.3) is 0 Å². The van der Waals surface area contributed by atoms with Gasteiger partial charge in [-0.3, -0.25) is 4.79 Å². The van der Waals surface area contributed by atoms with Crippen LogP contribution in [0.4, 0.5) is 5.69 Å². The van der Waals surface area contributed by atoms with Crippen LogP contribution in [-0.4, -0.2) is 25.6 Å². The molecule has 1 amide bonds. The van der Waals surface area contributed by atoms with Crippen molar-refractivity contribution in [3.8, 4) is 0 Å². The maximum atomic E-state index is 12.0. The number of piperidine rings is 1. The Morgan fingerprint density at radius 2 is 2.32 bits per heavy atom. The molecule has 0 saturated carbocycles. The predicted octanol–water partition coefficient (Wildman–Crippen LogP) is 2.34. The Bertz CT molecular complexity index is 406. The van der Waals surface area contributed by atoms with Gasteiger partial charge in [-0.05, 0) is 37.1 Å². The van der Waals surface area contributed by atoms with Gasteiger partial charge in [0.2, 0.25) is 5.91 Å². The first-order valence-corrected chi connectivity index (χ1v) is 6.42. The summed E-state index contributed by atoms with van der Waals surface area (Å²) in [4.78, 5) is 12.0. The lowest BCUT2D eigenvalue weighted by atomic mass is 10.0. The Morgan fingerprint density at radius 1 is 1.47 bits per heavy atom. The Labute approximate surface area is 120 Å². The van der Waals surface area contributed by atoms with Crippen LogP contribution in [0.5, 0.6) is 0 Å². The standard InChI is InChI=1S/C14H20N2O2.ClH/c1-18-10-11-5-4-6-12(9-11)16-14(17)13-7-2-3-8-15-13;/h4-6,9,13,15H,2-3,7-8,10H2,1H3,(H,16,17);1H. The predicted molar refractivity (Wildman–Crippen MR) is 78.7 cm³/mol. The summed E-state index contributed by atoms with van der Waals surface area (Å²) < 4.78 is 5.08. The van der Waals surface area contributed by atoms with Crippen LogP contribution in [-0.2, 0) is 16.1 Å². The molecule has 0 bridgehead atoms. The lowest BCUT2D eigenvalue weighted by molar-refractivity contribution is -0.118. The molecule has 1 fully saturated rings. The van der Waals surface area contributed by atoms with Gasteiger partial charge in [-0.15, -0.1) is 12.4 Å². The summed E-state index contributed by atoms with van der Waals surface area (Å²) >= 11 is 0. The van der Waals surface area contributed by atoms with Crippen molar-refractivity contribution in [3.63, 3.8) is 0 Å². The van der Waals surface area contributed by atoms with E-state index >= 15 is 0 Å². The Kier molecular flexibility index (Phi) is 6.84. The lowest BCUT2D eigenvalue weighted by Gasteiger charge is -2.22. The number of carbonyl (C=O) groups is 1. The highest BCUT2D eigenvalue weighted by atomic mass is 35.5. The van der Waals surface area contributed by atoms with Crippen molar-refractivity contribution in [1.29, 1.82) is 0 Å². The van der Waals surface area contributed by atoms with E-state index in [1.54, 1.807) is 7.11 Å². The van der Waals surface area contributed by atoms with Crippen LogP contribution in [0, 0.1) is 0 Å². The van der Waals surface area contributed by atoms with Crippen molar-refractivity contribution in [3.05, 3.63) is 29.8 Å². The molecule has 1 aliphatic heterocycles. The highest BCUT2D eigenvalue weighted by Crippen LogP contribution is 2.14. The highest BCUT2D eigenvalue weighted by Gasteiger charge is 2.20. The van der Waals surface area contributed by atoms with E-state index in [1.807, 2.05) is 24.3 Å². The maximum absolute atomic E-state index is 12.0. The first-order valence-electron chi connectivity index (χ1n) is 6.42. The molecule has 1 heterocycles. The summed E-state index contributed by atoms with van der Waals surface area (Å²) in [5.74, 6) is 0.0595. The van der Waals surface area contributed by atoms with Crippen LogP contribution < -0.4 is 10.6 Å². The average Bonchev–Trinajstić information content (AvgIpc) is 2.40. The van der Waals surface area contributed by atoms with Crippen molar-refractivity contribution in [2.75, 3.05) is 19.0 Å². The summed E-state index contributed by atoms with van der Waals surface area (Å²) in [5, 5.41) is 6.20. The number of amides is 1. The Morgan fingerprint density at radius 3 is 3.00 bits per heavy atom. The zero-order chi connectivity index (χ0) is 12.8. The molecule has 0 spiro atoms. The minimum absolute atomic E-state index is 0. The van der Waals surface area contributed by atoms with Crippen molar-refractivity contribution in [2.45, 2.75) is 31.9 Å². The van der Waals surface area contributed by atoms with Gasteiger partial charge in [0, 0.05) is 12.8 Å². The average molecular weight is 285 g/mol. The smallest absolute Gasteiger partial charge is 0.241 e. The number of hydrogen-bond acceptors (Lipinski definition) is 3. The number of ether oxygens (including phenoxy) is 1. The molecule has 5 heteroatoms. The Balaban J connectivity index is 0.00000180. The summed E-state index contributed by atoms with van der Waals surface area (Å²) in [7, 11) is 1.66. The second-order valence-electron chi connectivity index (χ2n) is 4.63. The third kappa shape index (κ3) is 4.82. The molecular weight excluding hydrogens is 264 g/mol. The van der Waals surface area contributed by atoms with Crippen molar-refractivity contribution < 1.29 is 9.53 Å². The number of rotatable bonds is 4. The summed E-state index contributed by atoms with van der Waals surface area (Å²) in [6.45, 7) is 1.49. The van der Waals surface area contributed by atoms with Crippen molar-refractivity contribution in [2.24, 2.45) is 0 Å². The molecule has 0 radical (unpaired) electrons. The molecule has 2 rings (SSSR count). The monoisotopic (exact) mass is 284 g/mol. The summed E-state index contributed by atoms with van der Waals surface area (Å²) in [6, 6.07) is 7.71. The lowest BCUT2D eigenvalue weighted by Crippen LogP contribution is -2.43. The number of nitrogens with one attached hydrogen (secondary N) is 2. The fourth-order valence-corrected chi connectivity index (χ4v) is 2.21. The van der Waals surface area contributed by atoms with Crippen LogP contribution in [0.15, 0.2) is 24.3 Å². The van der Waals surface area contributed by atoms with E-state index in [9.17, 15) is 4.79 Å². The molecule has 19 heavy (non-hydrogen) atoms. The van der Waals surface area contributed by atoms with Gasteiger partial charge in [0.15, 0.2) is 0 Å². The fraction of sp³-hybridized carbons (Fsp3) is 0.500.